The summed E-state index contributed by atoms with van der Waals surface area (Å²) >= 11 is 12.1. The zero-order valence-corrected chi connectivity index (χ0v) is 11.9. The van der Waals surface area contributed by atoms with Gasteiger partial charge in [0, 0.05) is 10.0 Å². The Labute approximate surface area is 118 Å². The molecule has 94 valence electrons. The van der Waals surface area contributed by atoms with Crippen LogP contribution >= 0.6 is 23.2 Å². The molecule has 18 heavy (non-hydrogen) atoms. The number of halogens is 2. The number of nitrogens with one attached hydrogen (secondary N) is 1. The molecule has 2 aromatic carbocycles. The topological polar surface area (TPSA) is 12.0 Å². The van der Waals surface area contributed by atoms with Gasteiger partial charge in [-0.05, 0) is 48.9 Å². The van der Waals surface area contributed by atoms with Crippen molar-refractivity contribution in [1.29, 1.82) is 0 Å². The van der Waals surface area contributed by atoms with Gasteiger partial charge in [0.25, 0.3) is 0 Å². The summed E-state index contributed by atoms with van der Waals surface area (Å²) in [6.45, 7) is 2.00. The van der Waals surface area contributed by atoms with Crippen LogP contribution in [0.4, 0.5) is 0 Å². The van der Waals surface area contributed by atoms with E-state index in [1.165, 1.54) is 5.56 Å². The third-order valence-corrected chi connectivity index (χ3v) is 3.68. The van der Waals surface area contributed by atoms with Crippen LogP contribution in [-0.4, -0.2) is 7.05 Å². The molecule has 1 atom stereocenters. The molecule has 0 amide bonds. The first-order chi connectivity index (χ1) is 8.61. The molecule has 0 saturated carbocycles. The SMILES string of the molecule is CNC(c1ccc(Cl)cc1)c1ccc(C)c(Cl)c1. The van der Waals surface area contributed by atoms with Gasteiger partial charge in [0.15, 0.2) is 0 Å². The fourth-order valence-electron chi connectivity index (χ4n) is 1.97. The van der Waals surface area contributed by atoms with Gasteiger partial charge < -0.3 is 5.32 Å². The van der Waals surface area contributed by atoms with E-state index in [1.807, 2.05) is 50.4 Å². The van der Waals surface area contributed by atoms with Crippen LogP contribution in [0.3, 0.4) is 0 Å². The Hall–Kier alpha value is -1.02. The Morgan fingerprint density at radius 1 is 0.944 bits per heavy atom. The third-order valence-electron chi connectivity index (χ3n) is 3.02. The van der Waals surface area contributed by atoms with Gasteiger partial charge in [-0.2, -0.15) is 0 Å². The summed E-state index contributed by atoms with van der Waals surface area (Å²) in [7, 11) is 1.94. The van der Waals surface area contributed by atoms with Gasteiger partial charge in [-0.15, -0.1) is 0 Å². The Morgan fingerprint density at radius 3 is 2.11 bits per heavy atom. The highest BCUT2D eigenvalue weighted by Crippen LogP contribution is 2.26. The summed E-state index contributed by atoms with van der Waals surface area (Å²) in [5.74, 6) is 0. The molecule has 0 aliphatic rings. The molecule has 1 nitrogen and oxygen atoms in total. The van der Waals surface area contributed by atoms with Crippen molar-refractivity contribution in [2.45, 2.75) is 13.0 Å². The molecular formula is C15H15Cl2N. The minimum absolute atomic E-state index is 0.125. The van der Waals surface area contributed by atoms with E-state index in [2.05, 4.69) is 11.4 Å². The smallest absolute Gasteiger partial charge is 0.0574 e. The average molecular weight is 280 g/mol. The normalized spacial score (nSPS) is 12.4. The molecule has 3 heteroatoms. The first kappa shape index (κ1) is 13.4. The second-order valence-electron chi connectivity index (χ2n) is 4.28. The van der Waals surface area contributed by atoms with Crippen LogP contribution in [0.2, 0.25) is 10.0 Å². The standard InChI is InChI=1S/C15H15Cl2N/c1-10-3-4-12(9-14(10)17)15(18-2)11-5-7-13(16)8-6-11/h3-9,15,18H,1-2H3. The van der Waals surface area contributed by atoms with E-state index in [0.29, 0.717) is 0 Å². The van der Waals surface area contributed by atoms with E-state index in [4.69, 9.17) is 23.2 Å². The lowest BCUT2D eigenvalue weighted by atomic mass is 9.98. The molecule has 1 unspecified atom stereocenters. The van der Waals surface area contributed by atoms with Gasteiger partial charge in [-0.25, -0.2) is 0 Å². The summed E-state index contributed by atoms with van der Waals surface area (Å²) in [4.78, 5) is 0. The quantitative estimate of drug-likeness (QED) is 0.865. The molecule has 2 rings (SSSR count). The van der Waals surface area contributed by atoms with Crippen molar-refractivity contribution in [3.63, 3.8) is 0 Å². The van der Waals surface area contributed by atoms with Crippen LogP contribution in [0.25, 0.3) is 0 Å². The van der Waals surface area contributed by atoms with Crippen molar-refractivity contribution >= 4 is 23.2 Å². The van der Waals surface area contributed by atoms with Crippen LogP contribution in [0.5, 0.6) is 0 Å². The number of hydrogen-bond acceptors (Lipinski definition) is 1. The summed E-state index contributed by atoms with van der Waals surface area (Å²) in [5.41, 5.74) is 3.41. The number of aryl methyl sites for hydroxylation is 1. The second kappa shape index (κ2) is 5.75. The van der Waals surface area contributed by atoms with Crippen LogP contribution in [0, 0.1) is 6.92 Å². The highest BCUT2D eigenvalue weighted by Gasteiger charge is 2.12. The summed E-state index contributed by atoms with van der Waals surface area (Å²) in [5, 5.41) is 4.84. The van der Waals surface area contributed by atoms with Crippen molar-refractivity contribution in [2.24, 2.45) is 0 Å². The van der Waals surface area contributed by atoms with Crippen molar-refractivity contribution in [2.75, 3.05) is 7.05 Å². The van der Waals surface area contributed by atoms with Crippen molar-refractivity contribution in [1.82, 2.24) is 5.32 Å². The van der Waals surface area contributed by atoms with Gasteiger partial charge in [-0.3, -0.25) is 0 Å². The van der Waals surface area contributed by atoms with Crippen LogP contribution < -0.4 is 5.32 Å². The van der Waals surface area contributed by atoms with Gasteiger partial charge in [0.05, 0.1) is 6.04 Å². The Balaban J connectivity index is 2.38. The van der Waals surface area contributed by atoms with Crippen molar-refractivity contribution < 1.29 is 0 Å². The van der Waals surface area contributed by atoms with E-state index in [0.717, 1.165) is 21.2 Å². The Kier molecular flexibility index (Phi) is 4.28. The number of rotatable bonds is 3. The molecule has 0 bridgehead atoms. The molecule has 0 saturated heterocycles. The zero-order chi connectivity index (χ0) is 13.1. The highest BCUT2D eigenvalue weighted by molar-refractivity contribution is 6.31. The zero-order valence-electron chi connectivity index (χ0n) is 10.4. The van der Waals surface area contributed by atoms with E-state index < -0.39 is 0 Å². The molecule has 1 N–H and O–H groups in total. The average Bonchev–Trinajstić information content (AvgIpc) is 2.37. The molecule has 0 heterocycles. The lowest BCUT2D eigenvalue weighted by Gasteiger charge is -2.18. The molecule has 0 aliphatic carbocycles. The molecule has 0 fully saturated rings. The monoisotopic (exact) mass is 279 g/mol. The maximum absolute atomic E-state index is 6.18. The largest absolute Gasteiger partial charge is 0.309 e. The number of hydrogen-bond donors (Lipinski definition) is 1. The first-order valence-electron chi connectivity index (χ1n) is 5.80. The summed E-state index contributed by atoms with van der Waals surface area (Å²) < 4.78 is 0. The second-order valence-corrected chi connectivity index (χ2v) is 5.13. The van der Waals surface area contributed by atoms with E-state index in [1.54, 1.807) is 0 Å². The minimum atomic E-state index is 0.125. The van der Waals surface area contributed by atoms with E-state index in [9.17, 15) is 0 Å². The third kappa shape index (κ3) is 2.86. The predicted molar refractivity (Wildman–Crippen MR) is 78.5 cm³/mol. The fourth-order valence-corrected chi connectivity index (χ4v) is 2.28. The van der Waals surface area contributed by atoms with Crippen LogP contribution in [0.15, 0.2) is 42.5 Å². The molecule has 0 aliphatic heterocycles. The predicted octanol–water partition coefficient (Wildman–Crippen LogP) is 4.61. The molecule has 0 radical (unpaired) electrons. The van der Waals surface area contributed by atoms with Crippen molar-refractivity contribution in [3.05, 3.63) is 69.2 Å². The fraction of sp³-hybridized carbons (Fsp3) is 0.200. The lowest BCUT2D eigenvalue weighted by molar-refractivity contribution is 0.692. The van der Waals surface area contributed by atoms with Gasteiger partial charge in [0.1, 0.15) is 0 Å². The highest BCUT2D eigenvalue weighted by atomic mass is 35.5. The molecule has 2 aromatic rings. The van der Waals surface area contributed by atoms with Crippen LogP contribution in [0.1, 0.15) is 22.7 Å². The summed E-state index contributed by atoms with van der Waals surface area (Å²) in [6, 6.07) is 14.1. The van der Waals surface area contributed by atoms with E-state index >= 15 is 0 Å². The van der Waals surface area contributed by atoms with Gasteiger partial charge in [0.2, 0.25) is 0 Å². The van der Waals surface area contributed by atoms with E-state index in [-0.39, 0.29) is 6.04 Å². The summed E-state index contributed by atoms with van der Waals surface area (Å²) in [6.07, 6.45) is 0. The Morgan fingerprint density at radius 2 is 1.56 bits per heavy atom. The maximum Gasteiger partial charge on any atom is 0.0574 e. The minimum Gasteiger partial charge on any atom is -0.309 e. The van der Waals surface area contributed by atoms with Gasteiger partial charge in [-0.1, -0.05) is 47.5 Å². The maximum atomic E-state index is 6.18. The first-order valence-corrected chi connectivity index (χ1v) is 6.56. The molecule has 0 aromatic heterocycles. The van der Waals surface area contributed by atoms with Gasteiger partial charge >= 0.3 is 0 Å². The van der Waals surface area contributed by atoms with Crippen molar-refractivity contribution in [3.8, 4) is 0 Å². The Bertz CT molecular complexity index is 535. The molecular weight excluding hydrogens is 265 g/mol. The van der Waals surface area contributed by atoms with Crippen LogP contribution in [-0.2, 0) is 0 Å². The molecule has 0 spiro atoms. The lowest BCUT2D eigenvalue weighted by Crippen LogP contribution is -2.17. The number of benzene rings is 2.